The average molecular weight is 308 g/mol. The number of benzene rings is 1. The lowest BCUT2D eigenvalue weighted by molar-refractivity contribution is 0.101. The molecule has 112 valence electrons. The first-order chi connectivity index (χ1) is 9.83. The topological polar surface area (TPSA) is 87.5 Å². The van der Waals surface area contributed by atoms with Crippen molar-refractivity contribution < 1.29 is 17.9 Å². The molecule has 2 rings (SSSR count). The molecular formula is C14H16N2O4S. The minimum atomic E-state index is -3.82. The first-order valence-electron chi connectivity index (χ1n) is 6.42. The number of nitrogens with zero attached hydrogens (tertiary/aromatic N) is 2. The van der Waals surface area contributed by atoms with Crippen molar-refractivity contribution >= 4 is 15.8 Å². The summed E-state index contributed by atoms with van der Waals surface area (Å²) in [6.07, 6.45) is 0.338. The molecule has 1 aliphatic rings. The molecule has 7 heteroatoms. The van der Waals surface area contributed by atoms with Gasteiger partial charge in [0, 0.05) is 25.6 Å². The average Bonchev–Trinajstić information content (AvgIpc) is 2.96. The summed E-state index contributed by atoms with van der Waals surface area (Å²) in [5, 5.41) is 9.33. The van der Waals surface area contributed by atoms with Crippen LogP contribution in [0.15, 0.2) is 29.2 Å². The van der Waals surface area contributed by atoms with Crippen LogP contribution in [0, 0.1) is 11.3 Å². The Morgan fingerprint density at radius 1 is 1.38 bits per heavy atom. The molecule has 1 aliphatic heterocycles. The van der Waals surface area contributed by atoms with Crippen molar-refractivity contribution in [2.45, 2.75) is 23.8 Å². The van der Waals surface area contributed by atoms with E-state index < -0.39 is 15.6 Å². The molecule has 6 nitrogen and oxygen atoms in total. The summed E-state index contributed by atoms with van der Waals surface area (Å²) in [6, 6.07) is 7.74. The monoisotopic (exact) mass is 308 g/mol. The van der Waals surface area contributed by atoms with Crippen LogP contribution in [-0.2, 0) is 14.8 Å². The van der Waals surface area contributed by atoms with Crippen molar-refractivity contribution in [3.05, 3.63) is 29.8 Å². The van der Waals surface area contributed by atoms with Gasteiger partial charge in [0.15, 0.2) is 5.78 Å². The molecule has 1 aromatic carbocycles. The highest BCUT2D eigenvalue weighted by atomic mass is 32.2. The molecule has 1 saturated heterocycles. The third-order valence-electron chi connectivity index (χ3n) is 3.73. The molecule has 0 amide bonds. The largest absolute Gasteiger partial charge is 0.378 e. The van der Waals surface area contributed by atoms with Gasteiger partial charge in [-0.3, -0.25) is 4.79 Å². The van der Waals surface area contributed by atoms with Crippen LogP contribution in [0.4, 0.5) is 0 Å². The summed E-state index contributed by atoms with van der Waals surface area (Å²) < 4.78 is 31.4. The molecule has 0 spiro atoms. The van der Waals surface area contributed by atoms with Crippen LogP contribution >= 0.6 is 0 Å². The number of carbonyl (C=O) groups is 1. The van der Waals surface area contributed by atoms with Gasteiger partial charge in [-0.2, -0.15) is 9.57 Å². The van der Waals surface area contributed by atoms with E-state index in [1.165, 1.54) is 38.2 Å². The van der Waals surface area contributed by atoms with E-state index in [2.05, 4.69) is 6.07 Å². The number of likely N-dealkylation sites (N-methyl/N-ethyl adjacent to an activating group) is 1. The van der Waals surface area contributed by atoms with Gasteiger partial charge < -0.3 is 4.74 Å². The van der Waals surface area contributed by atoms with E-state index in [0.717, 1.165) is 4.31 Å². The second kappa shape index (κ2) is 5.56. The standard InChI is InChI=1S/C14H16N2O4S/c1-11(17)12-3-5-13(6-4-12)21(18,19)16(2)14(9-15)7-8-20-10-14/h3-6H,7-8,10H2,1-2H3/t14-/m0/s1. The highest BCUT2D eigenvalue weighted by molar-refractivity contribution is 7.89. The molecule has 1 fully saturated rings. The van der Waals surface area contributed by atoms with Crippen molar-refractivity contribution in [2.75, 3.05) is 20.3 Å². The summed E-state index contributed by atoms with van der Waals surface area (Å²) >= 11 is 0. The van der Waals surface area contributed by atoms with Gasteiger partial charge in [-0.25, -0.2) is 8.42 Å². The number of carbonyl (C=O) groups excluding carboxylic acids is 1. The molecule has 0 aliphatic carbocycles. The van der Waals surface area contributed by atoms with Crippen LogP contribution in [0.1, 0.15) is 23.7 Å². The number of Topliss-reactive ketones (excluding diaryl/α,β-unsaturated/α-hetero) is 1. The van der Waals surface area contributed by atoms with Gasteiger partial charge in [-0.1, -0.05) is 12.1 Å². The first kappa shape index (κ1) is 15.6. The molecule has 0 unspecified atom stereocenters. The van der Waals surface area contributed by atoms with E-state index in [1.54, 1.807) is 0 Å². The number of nitriles is 1. The number of ketones is 1. The molecule has 0 aromatic heterocycles. The Morgan fingerprint density at radius 3 is 2.43 bits per heavy atom. The van der Waals surface area contributed by atoms with Crippen LogP contribution in [0.5, 0.6) is 0 Å². The summed E-state index contributed by atoms with van der Waals surface area (Å²) in [4.78, 5) is 11.3. The fourth-order valence-corrected chi connectivity index (χ4v) is 3.65. The minimum absolute atomic E-state index is 0.0523. The van der Waals surface area contributed by atoms with Gasteiger partial charge in [0.1, 0.15) is 5.54 Å². The molecule has 1 aromatic rings. The maximum Gasteiger partial charge on any atom is 0.244 e. The van der Waals surface area contributed by atoms with Gasteiger partial charge in [-0.15, -0.1) is 0 Å². The number of sulfonamides is 1. The van der Waals surface area contributed by atoms with Crippen LogP contribution in [0.25, 0.3) is 0 Å². The minimum Gasteiger partial charge on any atom is -0.378 e. The Labute approximate surface area is 124 Å². The van der Waals surface area contributed by atoms with E-state index in [9.17, 15) is 18.5 Å². The highest BCUT2D eigenvalue weighted by Gasteiger charge is 2.45. The number of ether oxygens (including phenoxy) is 1. The molecule has 1 atom stereocenters. The van der Waals surface area contributed by atoms with Gasteiger partial charge in [0.25, 0.3) is 0 Å². The van der Waals surface area contributed by atoms with E-state index in [-0.39, 0.29) is 17.3 Å². The van der Waals surface area contributed by atoms with E-state index >= 15 is 0 Å². The predicted molar refractivity (Wildman–Crippen MR) is 75.2 cm³/mol. The smallest absolute Gasteiger partial charge is 0.244 e. The van der Waals surface area contributed by atoms with Crippen molar-refractivity contribution in [1.29, 1.82) is 5.26 Å². The third-order valence-corrected chi connectivity index (χ3v) is 5.67. The van der Waals surface area contributed by atoms with E-state index in [0.29, 0.717) is 18.6 Å². The molecule has 1 heterocycles. The lowest BCUT2D eigenvalue weighted by atomic mass is 10.0. The fourth-order valence-electron chi connectivity index (χ4n) is 2.21. The Bertz CT molecular complexity index is 683. The second-order valence-corrected chi connectivity index (χ2v) is 6.97. The zero-order chi connectivity index (χ0) is 15.7. The van der Waals surface area contributed by atoms with Gasteiger partial charge in [0.05, 0.1) is 17.6 Å². The summed E-state index contributed by atoms with van der Waals surface area (Å²) in [6.45, 7) is 1.83. The number of hydrogen-bond acceptors (Lipinski definition) is 5. The SMILES string of the molecule is CC(=O)c1ccc(S(=O)(=O)N(C)[C@]2(C#N)CCOC2)cc1. The Hall–Kier alpha value is -1.75. The quantitative estimate of drug-likeness (QED) is 0.780. The summed E-state index contributed by atoms with van der Waals surface area (Å²) in [7, 11) is -2.43. The Morgan fingerprint density at radius 2 is 2.00 bits per heavy atom. The normalized spacial score (nSPS) is 22.2. The fraction of sp³-hybridized carbons (Fsp3) is 0.429. The lowest BCUT2D eigenvalue weighted by Crippen LogP contribution is -2.49. The van der Waals surface area contributed by atoms with Crippen LogP contribution < -0.4 is 0 Å². The van der Waals surface area contributed by atoms with Crippen LogP contribution in [0.3, 0.4) is 0 Å². The molecule has 0 radical (unpaired) electrons. The molecule has 21 heavy (non-hydrogen) atoms. The number of hydrogen-bond donors (Lipinski definition) is 0. The second-order valence-electron chi connectivity index (χ2n) is 5.00. The maximum absolute atomic E-state index is 12.6. The molecule has 0 bridgehead atoms. The zero-order valence-electron chi connectivity index (χ0n) is 11.9. The van der Waals surface area contributed by atoms with Crippen molar-refractivity contribution in [3.8, 4) is 6.07 Å². The molecular weight excluding hydrogens is 292 g/mol. The molecule has 0 N–H and O–H groups in total. The van der Waals surface area contributed by atoms with Crippen molar-refractivity contribution in [3.63, 3.8) is 0 Å². The zero-order valence-corrected chi connectivity index (χ0v) is 12.7. The Balaban J connectivity index is 2.37. The van der Waals surface area contributed by atoms with Crippen LogP contribution in [-0.4, -0.2) is 44.3 Å². The maximum atomic E-state index is 12.6. The van der Waals surface area contributed by atoms with Crippen LogP contribution in [0.2, 0.25) is 0 Å². The van der Waals surface area contributed by atoms with Gasteiger partial charge >= 0.3 is 0 Å². The van der Waals surface area contributed by atoms with Crippen molar-refractivity contribution in [1.82, 2.24) is 4.31 Å². The van der Waals surface area contributed by atoms with Crippen molar-refractivity contribution in [2.24, 2.45) is 0 Å². The van der Waals surface area contributed by atoms with Gasteiger partial charge in [-0.05, 0) is 19.1 Å². The summed E-state index contributed by atoms with van der Waals surface area (Å²) in [5.74, 6) is -0.134. The van der Waals surface area contributed by atoms with E-state index in [1.807, 2.05) is 0 Å². The van der Waals surface area contributed by atoms with E-state index in [4.69, 9.17) is 4.74 Å². The summed E-state index contributed by atoms with van der Waals surface area (Å²) in [5.41, 5.74) is -0.728. The number of rotatable bonds is 4. The third kappa shape index (κ3) is 2.70. The van der Waals surface area contributed by atoms with Gasteiger partial charge in [0.2, 0.25) is 10.0 Å². The molecule has 0 saturated carbocycles. The predicted octanol–water partition coefficient (Wildman–Crippen LogP) is 1.19. The lowest BCUT2D eigenvalue weighted by Gasteiger charge is -2.30. The highest BCUT2D eigenvalue weighted by Crippen LogP contribution is 2.29. The first-order valence-corrected chi connectivity index (χ1v) is 7.86. The Kier molecular flexibility index (Phi) is 4.14.